The fraction of sp³-hybridized carbons (Fsp3) is 0.571. The molecule has 0 amide bonds. The van der Waals surface area contributed by atoms with Crippen molar-refractivity contribution in [2.75, 3.05) is 20.6 Å². The molecule has 4 heteroatoms. The molecule has 0 aliphatic carbocycles. The zero-order valence-corrected chi connectivity index (χ0v) is 7.39. The van der Waals surface area contributed by atoms with Gasteiger partial charge in [-0.05, 0) is 6.92 Å². The summed E-state index contributed by atoms with van der Waals surface area (Å²) in [6, 6.07) is 0. The van der Waals surface area contributed by atoms with Crippen LogP contribution in [-0.2, 0) is 0 Å². The highest BCUT2D eigenvalue weighted by atomic mass is 15.5. The average molecular weight is 156 g/mol. The second kappa shape index (κ2) is 5.73. The van der Waals surface area contributed by atoms with E-state index in [9.17, 15) is 0 Å². The van der Waals surface area contributed by atoms with Crippen molar-refractivity contribution in [3.05, 3.63) is 12.8 Å². The molecular formula is C7H16N4. The normalized spacial score (nSPS) is 11.0. The number of hydrogen-bond acceptors (Lipinski definition) is 2. The van der Waals surface area contributed by atoms with Crippen LogP contribution >= 0.6 is 0 Å². The van der Waals surface area contributed by atoms with E-state index in [1.54, 1.807) is 18.3 Å². The van der Waals surface area contributed by atoms with E-state index in [2.05, 4.69) is 22.3 Å². The van der Waals surface area contributed by atoms with Crippen LogP contribution in [-0.4, -0.2) is 31.6 Å². The van der Waals surface area contributed by atoms with Crippen LogP contribution in [0.3, 0.4) is 0 Å². The molecular weight excluding hydrogens is 140 g/mol. The number of rotatable bonds is 3. The van der Waals surface area contributed by atoms with Gasteiger partial charge >= 0.3 is 0 Å². The van der Waals surface area contributed by atoms with Crippen LogP contribution in [0, 0.1) is 0 Å². The lowest BCUT2D eigenvalue weighted by molar-refractivity contribution is 0.437. The van der Waals surface area contributed by atoms with Gasteiger partial charge in [0, 0.05) is 26.8 Å². The van der Waals surface area contributed by atoms with Crippen LogP contribution < -0.4 is 10.7 Å². The predicted octanol–water partition coefficient (Wildman–Crippen LogP) is 0.162. The van der Waals surface area contributed by atoms with Crippen molar-refractivity contribution in [3.63, 3.8) is 0 Å². The summed E-state index contributed by atoms with van der Waals surface area (Å²) in [5.74, 6) is 0.769. The van der Waals surface area contributed by atoms with E-state index in [4.69, 9.17) is 0 Å². The summed E-state index contributed by atoms with van der Waals surface area (Å²) in [6.07, 6.45) is 1.66. The average Bonchev–Trinajstić information content (AvgIpc) is 2.05. The summed E-state index contributed by atoms with van der Waals surface area (Å²) in [7, 11) is 3.54. The molecule has 0 unspecified atom stereocenters. The van der Waals surface area contributed by atoms with E-state index in [0.29, 0.717) is 0 Å². The van der Waals surface area contributed by atoms with Gasteiger partial charge in [0.15, 0.2) is 0 Å². The highest BCUT2D eigenvalue weighted by Crippen LogP contribution is 1.82. The van der Waals surface area contributed by atoms with E-state index in [0.717, 1.165) is 12.5 Å². The zero-order valence-electron chi connectivity index (χ0n) is 7.39. The molecule has 2 N–H and O–H groups in total. The Bertz CT molecular complexity index is 141. The number of aliphatic imine (C=N–C) groups is 1. The fourth-order valence-corrected chi connectivity index (χ4v) is 0.714. The van der Waals surface area contributed by atoms with Gasteiger partial charge in [-0.2, -0.15) is 0 Å². The Balaban J connectivity index is 4.10. The Morgan fingerprint density at radius 2 is 2.36 bits per heavy atom. The standard InChI is InChI=1S/C7H16N4/c1-5-10-7(8-3)11(6-2)9-4/h6,9H,2,5H2,1,3-4H3,(H,8,10). The van der Waals surface area contributed by atoms with Crippen LogP contribution in [0.25, 0.3) is 0 Å². The van der Waals surface area contributed by atoms with Gasteiger partial charge in [0.05, 0.1) is 0 Å². The van der Waals surface area contributed by atoms with Crippen molar-refractivity contribution >= 4 is 5.96 Å². The second-order valence-corrected chi connectivity index (χ2v) is 1.85. The quantitative estimate of drug-likeness (QED) is 0.347. The van der Waals surface area contributed by atoms with Crippen molar-refractivity contribution in [2.45, 2.75) is 6.92 Å². The molecule has 0 aromatic carbocycles. The first-order valence-electron chi connectivity index (χ1n) is 3.60. The van der Waals surface area contributed by atoms with Crippen LogP contribution in [0.4, 0.5) is 0 Å². The molecule has 0 aliphatic rings. The monoisotopic (exact) mass is 156 g/mol. The second-order valence-electron chi connectivity index (χ2n) is 1.85. The first-order valence-corrected chi connectivity index (χ1v) is 3.60. The van der Waals surface area contributed by atoms with Gasteiger partial charge in [0.1, 0.15) is 0 Å². The van der Waals surface area contributed by atoms with Crippen LogP contribution in [0.15, 0.2) is 17.8 Å². The summed E-state index contributed by atoms with van der Waals surface area (Å²) in [5.41, 5.74) is 2.91. The summed E-state index contributed by atoms with van der Waals surface area (Å²) in [6.45, 7) is 6.49. The molecule has 0 aromatic rings. The number of nitrogens with zero attached hydrogens (tertiary/aromatic N) is 2. The summed E-state index contributed by atoms with van der Waals surface area (Å²) >= 11 is 0. The minimum Gasteiger partial charge on any atom is -0.355 e. The van der Waals surface area contributed by atoms with E-state index >= 15 is 0 Å². The fourth-order valence-electron chi connectivity index (χ4n) is 0.714. The number of nitrogens with one attached hydrogen (secondary N) is 2. The third kappa shape index (κ3) is 3.04. The van der Waals surface area contributed by atoms with Gasteiger partial charge in [-0.3, -0.25) is 10.0 Å². The third-order valence-corrected chi connectivity index (χ3v) is 1.20. The maximum atomic E-state index is 4.02. The van der Waals surface area contributed by atoms with Gasteiger partial charge in [-0.25, -0.2) is 5.43 Å². The van der Waals surface area contributed by atoms with Crippen LogP contribution in [0.2, 0.25) is 0 Å². The van der Waals surface area contributed by atoms with Crippen LogP contribution in [0.5, 0.6) is 0 Å². The molecule has 0 aliphatic heterocycles. The number of hydrogen-bond donors (Lipinski definition) is 2. The first kappa shape index (κ1) is 9.97. The molecule has 64 valence electrons. The molecule has 0 heterocycles. The maximum Gasteiger partial charge on any atom is 0.212 e. The highest BCUT2D eigenvalue weighted by Gasteiger charge is 2.00. The van der Waals surface area contributed by atoms with E-state index in [1.165, 1.54) is 0 Å². The Hall–Kier alpha value is -1.03. The minimum atomic E-state index is 0.769. The van der Waals surface area contributed by atoms with Gasteiger partial charge < -0.3 is 5.32 Å². The van der Waals surface area contributed by atoms with Crippen molar-refractivity contribution in [1.82, 2.24) is 15.8 Å². The number of hydrazine groups is 1. The lowest BCUT2D eigenvalue weighted by Gasteiger charge is -2.20. The molecule has 0 saturated heterocycles. The van der Waals surface area contributed by atoms with Gasteiger partial charge in [0.2, 0.25) is 5.96 Å². The molecule has 0 aromatic heterocycles. The molecule has 0 saturated carbocycles. The third-order valence-electron chi connectivity index (χ3n) is 1.20. The lowest BCUT2D eigenvalue weighted by atomic mass is 10.7. The van der Waals surface area contributed by atoms with E-state index in [-0.39, 0.29) is 0 Å². The minimum absolute atomic E-state index is 0.769. The van der Waals surface area contributed by atoms with Crippen molar-refractivity contribution in [2.24, 2.45) is 4.99 Å². The van der Waals surface area contributed by atoms with E-state index in [1.807, 2.05) is 14.0 Å². The molecule has 0 rings (SSSR count). The van der Waals surface area contributed by atoms with Crippen molar-refractivity contribution in [3.8, 4) is 0 Å². The summed E-state index contributed by atoms with van der Waals surface area (Å²) in [4.78, 5) is 4.02. The van der Waals surface area contributed by atoms with Gasteiger partial charge in [-0.15, -0.1) is 0 Å². The topological polar surface area (TPSA) is 39.7 Å². The maximum absolute atomic E-state index is 4.02. The molecule has 11 heavy (non-hydrogen) atoms. The molecule has 0 atom stereocenters. The summed E-state index contributed by atoms with van der Waals surface area (Å²) < 4.78 is 0. The Morgan fingerprint density at radius 1 is 1.73 bits per heavy atom. The molecule has 0 fully saturated rings. The molecule has 4 nitrogen and oxygen atoms in total. The Kier molecular flexibility index (Phi) is 5.20. The SMILES string of the molecule is C=CN(NC)C(=NC)NCC. The predicted molar refractivity (Wildman–Crippen MR) is 48.1 cm³/mol. The molecule has 0 radical (unpaired) electrons. The largest absolute Gasteiger partial charge is 0.355 e. The highest BCUT2D eigenvalue weighted by molar-refractivity contribution is 5.80. The van der Waals surface area contributed by atoms with Crippen molar-refractivity contribution in [1.29, 1.82) is 0 Å². The Labute approximate surface area is 68.0 Å². The molecule has 0 spiro atoms. The van der Waals surface area contributed by atoms with Crippen LogP contribution in [0.1, 0.15) is 6.92 Å². The lowest BCUT2D eigenvalue weighted by Crippen LogP contribution is -2.44. The first-order chi connectivity index (χ1) is 5.29. The zero-order chi connectivity index (χ0) is 8.69. The van der Waals surface area contributed by atoms with Crippen molar-refractivity contribution < 1.29 is 0 Å². The van der Waals surface area contributed by atoms with Gasteiger partial charge in [0.25, 0.3) is 0 Å². The number of guanidine groups is 1. The van der Waals surface area contributed by atoms with Gasteiger partial charge in [-0.1, -0.05) is 6.58 Å². The smallest absolute Gasteiger partial charge is 0.212 e. The summed E-state index contributed by atoms with van der Waals surface area (Å²) in [5, 5.41) is 4.79. The van der Waals surface area contributed by atoms with E-state index < -0.39 is 0 Å². The molecule has 0 bridgehead atoms. The Morgan fingerprint density at radius 3 is 2.64 bits per heavy atom.